The third-order valence-electron chi connectivity index (χ3n) is 2.65. The standard InChI is InChI=1S/C14H10Br2ClNO2S/c1-19-11-5-8(16)12(6-7(11)15)20-10-4-2-3-9(17)13(10)14(18)21/h2-6H,1H3,(H2,18,21). The highest BCUT2D eigenvalue weighted by Crippen LogP contribution is 2.39. The van der Waals surface area contributed by atoms with Crippen molar-refractivity contribution in [3.8, 4) is 17.2 Å². The third kappa shape index (κ3) is 3.69. The van der Waals surface area contributed by atoms with Gasteiger partial charge in [-0.25, -0.2) is 0 Å². The summed E-state index contributed by atoms with van der Waals surface area (Å²) < 4.78 is 12.6. The van der Waals surface area contributed by atoms with Crippen molar-refractivity contribution in [2.45, 2.75) is 0 Å². The molecule has 0 saturated heterocycles. The van der Waals surface area contributed by atoms with Crippen molar-refractivity contribution in [2.75, 3.05) is 7.11 Å². The molecule has 0 aliphatic heterocycles. The van der Waals surface area contributed by atoms with Crippen LogP contribution < -0.4 is 15.2 Å². The van der Waals surface area contributed by atoms with Gasteiger partial charge in [0, 0.05) is 0 Å². The highest BCUT2D eigenvalue weighted by atomic mass is 79.9. The average molecular weight is 452 g/mol. The molecule has 7 heteroatoms. The van der Waals surface area contributed by atoms with Crippen LogP contribution in [0.4, 0.5) is 0 Å². The van der Waals surface area contributed by atoms with E-state index in [0.29, 0.717) is 27.8 Å². The normalized spacial score (nSPS) is 10.3. The molecule has 0 fully saturated rings. The predicted octanol–water partition coefficient (Wildman–Crippen LogP) is 5.30. The lowest BCUT2D eigenvalue weighted by molar-refractivity contribution is 0.409. The number of hydrogen-bond acceptors (Lipinski definition) is 3. The first kappa shape index (κ1) is 16.5. The van der Waals surface area contributed by atoms with Gasteiger partial charge in [-0.05, 0) is 56.1 Å². The fourth-order valence-corrected chi connectivity index (χ4v) is 3.11. The molecule has 2 aromatic carbocycles. The molecule has 0 radical (unpaired) electrons. The monoisotopic (exact) mass is 449 g/mol. The average Bonchev–Trinajstić information content (AvgIpc) is 2.42. The van der Waals surface area contributed by atoms with Crippen molar-refractivity contribution in [3.63, 3.8) is 0 Å². The number of thiocarbonyl (C=S) groups is 1. The Morgan fingerprint density at radius 1 is 1.14 bits per heavy atom. The number of nitrogens with two attached hydrogens (primary N) is 1. The summed E-state index contributed by atoms with van der Waals surface area (Å²) in [6.07, 6.45) is 0. The van der Waals surface area contributed by atoms with Gasteiger partial charge < -0.3 is 15.2 Å². The number of rotatable bonds is 4. The summed E-state index contributed by atoms with van der Waals surface area (Å²) >= 11 is 18.0. The zero-order valence-electron chi connectivity index (χ0n) is 10.8. The Labute approximate surface area is 149 Å². The van der Waals surface area contributed by atoms with Crippen LogP contribution in [-0.2, 0) is 0 Å². The number of methoxy groups -OCH3 is 1. The fraction of sp³-hybridized carbons (Fsp3) is 0.0714. The van der Waals surface area contributed by atoms with Gasteiger partial charge in [0.25, 0.3) is 0 Å². The molecule has 0 saturated carbocycles. The first-order valence-electron chi connectivity index (χ1n) is 5.73. The number of ether oxygens (including phenoxy) is 2. The van der Waals surface area contributed by atoms with Gasteiger partial charge in [0.1, 0.15) is 22.2 Å². The molecule has 2 rings (SSSR count). The van der Waals surface area contributed by atoms with E-state index in [2.05, 4.69) is 31.9 Å². The van der Waals surface area contributed by atoms with Crippen LogP contribution in [0.5, 0.6) is 17.2 Å². The molecule has 2 aromatic rings. The van der Waals surface area contributed by atoms with Gasteiger partial charge in [-0.1, -0.05) is 29.9 Å². The molecule has 21 heavy (non-hydrogen) atoms. The minimum Gasteiger partial charge on any atom is -0.496 e. The Morgan fingerprint density at radius 2 is 1.76 bits per heavy atom. The van der Waals surface area contributed by atoms with Crippen LogP contribution in [-0.4, -0.2) is 12.1 Å². The molecule has 0 heterocycles. The zero-order chi connectivity index (χ0) is 15.6. The van der Waals surface area contributed by atoms with E-state index in [9.17, 15) is 0 Å². The van der Waals surface area contributed by atoms with Gasteiger partial charge >= 0.3 is 0 Å². The summed E-state index contributed by atoms with van der Waals surface area (Å²) in [4.78, 5) is 0.180. The number of halogens is 3. The largest absolute Gasteiger partial charge is 0.496 e. The third-order valence-corrected chi connectivity index (χ3v) is 4.41. The molecule has 110 valence electrons. The molecule has 0 aliphatic rings. The molecule has 0 amide bonds. The smallest absolute Gasteiger partial charge is 0.143 e. The second-order valence-corrected chi connectivity index (χ2v) is 6.55. The minimum absolute atomic E-state index is 0.180. The van der Waals surface area contributed by atoms with Gasteiger partial charge in [0.2, 0.25) is 0 Å². The summed E-state index contributed by atoms with van der Waals surface area (Å²) in [5.74, 6) is 1.77. The van der Waals surface area contributed by atoms with Crippen LogP contribution in [0.25, 0.3) is 0 Å². The Balaban J connectivity index is 2.46. The van der Waals surface area contributed by atoms with Crippen LogP contribution in [0.3, 0.4) is 0 Å². The number of hydrogen-bond donors (Lipinski definition) is 1. The van der Waals surface area contributed by atoms with Gasteiger partial charge in [-0.2, -0.15) is 0 Å². The van der Waals surface area contributed by atoms with Crippen molar-refractivity contribution >= 4 is 60.7 Å². The molecule has 0 spiro atoms. The van der Waals surface area contributed by atoms with Crippen LogP contribution in [0.2, 0.25) is 5.02 Å². The van der Waals surface area contributed by atoms with Crippen molar-refractivity contribution in [3.05, 3.63) is 49.9 Å². The SMILES string of the molecule is COc1cc(Br)c(Oc2cccc(Cl)c2C(N)=S)cc1Br. The van der Waals surface area contributed by atoms with E-state index in [0.717, 1.165) is 8.95 Å². The molecule has 0 unspecified atom stereocenters. The fourth-order valence-electron chi connectivity index (χ4n) is 1.69. The van der Waals surface area contributed by atoms with Crippen molar-refractivity contribution < 1.29 is 9.47 Å². The zero-order valence-corrected chi connectivity index (χ0v) is 15.6. The van der Waals surface area contributed by atoms with Crippen molar-refractivity contribution in [1.82, 2.24) is 0 Å². The summed E-state index contributed by atoms with van der Waals surface area (Å²) in [7, 11) is 1.59. The van der Waals surface area contributed by atoms with E-state index in [-0.39, 0.29) is 4.99 Å². The maximum Gasteiger partial charge on any atom is 0.143 e. The Kier molecular flexibility index (Phi) is 5.48. The molecular weight excluding hydrogens is 441 g/mol. The molecular formula is C14H10Br2ClNO2S. The van der Waals surface area contributed by atoms with E-state index in [4.69, 9.17) is 39.0 Å². The number of benzene rings is 2. The van der Waals surface area contributed by atoms with Crippen LogP contribution in [0.15, 0.2) is 39.3 Å². The first-order valence-corrected chi connectivity index (χ1v) is 8.10. The molecule has 0 aliphatic carbocycles. The summed E-state index contributed by atoms with van der Waals surface area (Å²) in [5.41, 5.74) is 6.22. The van der Waals surface area contributed by atoms with Gasteiger partial charge in [0.15, 0.2) is 0 Å². The van der Waals surface area contributed by atoms with Crippen LogP contribution in [0.1, 0.15) is 5.56 Å². The van der Waals surface area contributed by atoms with E-state index >= 15 is 0 Å². The van der Waals surface area contributed by atoms with Crippen LogP contribution in [0, 0.1) is 0 Å². The quantitative estimate of drug-likeness (QED) is 0.641. The summed E-state index contributed by atoms with van der Waals surface area (Å²) in [5, 5.41) is 0.448. The van der Waals surface area contributed by atoms with Gasteiger partial charge in [0.05, 0.1) is 26.6 Å². The molecule has 0 aromatic heterocycles. The molecule has 0 atom stereocenters. The maximum atomic E-state index is 6.12. The maximum absolute atomic E-state index is 6.12. The van der Waals surface area contributed by atoms with Gasteiger partial charge in [-0.3, -0.25) is 0 Å². The van der Waals surface area contributed by atoms with E-state index in [1.54, 1.807) is 37.4 Å². The lowest BCUT2D eigenvalue weighted by Crippen LogP contribution is -2.11. The highest BCUT2D eigenvalue weighted by molar-refractivity contribution is 9.11. The first-order chi connectivity index (χ1) is 9.93. The lowest BCUT2D eigenvalue weighted by atomic mass is 10.2. The minimum atomic E-state index is 0.180. The summed E-state index contributed by atoms with van der Waals surface area (Å²) in [6, 6.07) is 8.82. The topological polar surface area (TPSA) is 44.5 Å². The second-order valence-electron chi connectivity index (χ2n) is 4.00. The van der Waals surface area contributed by atoms with Crippen molar-refractivity contribution in [1.29, 1.82) is 0 Å². The van der Waals surface area contributed by atoms with E-state index in [1.165, 1.54) is 0 Å². The molecule has 3 nitrogen and oxygen atoms in total. The van der Waals surface area contributed by atoms with E-state index in [1.807, 2.05) is 0 Å². The van der Waals surface area contributed by atoms with Crippen molar-refractivity contribution in [2.24, 2.45) is 5.73 Å². The van der Waals surface area contributed by atoms with E-state index < -0.39 is 0 Å². The summed E-state index contributed by atoms with van der Waals surface area (Å²) in [6.45, 7) is 0. The predicted molar refractivity (Wildman–Crippen MR) is 95.8 cm³/mol. The Hall–Kier alpha value is -0.820. The lowest BCUT2D eigenvalue weighted by Gasteiger charge is -2.14. The molecule has 2 N–H and O–H groups in total. The highest BCUT2D eigenvalue weighted by Gasteiger charge is 2.14. The van der Waals surface area contributed by atoms with Crippen LogP contribution >= 0.6 is 55.7 Å². The van der Waals surface area contributed by atoms with Gasteiger partial charge in [-0.15, -0.1) is 0 Å². The molecule has 0 bridgehead atoms. The Bertz CT molecular complexity index is 710. The second kappa shape index (κ2) is 6.96. The Morgan fingerprint density at radius 3 is 2.38 bits per heavy atom.